The van der Waals surface area contributed by atoms with Gasteiger partial charge in [0.15, 0.2) is 0 Å². The van der Waals surface area contributed by atoms with Crippen molar-refractivity contribution in [2.45, 2.75) is 12.2 Å². The molecule has 4 atom stereocenters. The average Bonchev–Trinajstić information content (AvgIpc) is 3.21. The third-order valence-corrected chi connectivity index (χ3v) is 4.96. The van der Waals surface area contributed by atoms with E-state index in [0.717, 1.165) is 11.1 Å². The molecule has 0 saturated carbocycles. The lowest BCUT2D eigenvalue weighted by Gasteiger charge is -2.15. The summed E-state index contributed by atoms with van der Waals surface area (Å²) >= 11 is 0. The number of rotatable bonds is 4. The zero-order chi connectivity index (χ0) is 18.3. The van der Waals surface area contributed by atoms with Crippen LogP contribution in [0.1, 0.15) is 23.3 Å². The second-order valence-corrected chi connectivity index (χ2v) is 6.31. The van der Waals surface area contributed by atoms with Crippen molar-refractivity contribution in [1.29, 1.82) is 0 Å². The first-order valence-corrected chi connectivity index (χ1v) is 8.31. The number of benzene rings is 2. The monoisotopic (exact) mass is 354 g/mol. The van der Waals surface area contributed by atoms with Gasteiger partial charge >= 0.3 is 11.9 Å². The van der Waals surface area contributed by atoms with E-state index < -0.39 is 36.0 Å². The van der Waals surface area contributed by atoms with Gasteiger partial charge in [0.1, 0.15) is 35.5 Å². The maximum Gasteiger partial charge on any atom is 0.314 e. The van der Waals surface area contributed by atoms with Crippen molar-refractivity contribution in [3.8, 4) is 11.5 Å². The Balaban J connectivity index is 1.63. The molecule has 2 aliphatic rings. The fourth-order valence-corrected chi connectivity index (χ4v) is 3.61. The molecule has 6 heteroatoms. The minimum Gasteiger partial charge on any atom is -0.497 e. The van der Waals surface area contributed by atoms with Crippen molar-refractivity contribution in [1.82, 2.24) is 0 Å². The first-order chi connectivity index (χ1) is 12.6. The van der Waals surface area contributed by atoms with Gasteiger partial charge in [-0.15, -0.1) is 0 Å². The normalized spacial score (nSPS) is 26.8. The summed E-state index contributed by atoms with van der Waals surface area (Å²) < 4.78 is 21.4. The first-order valence-electron chi connectivity index (χ1n) is 8.31. The Morgan fingerprint density at radius 2 is 1.00 bits per heavy atom. The topological polar surface area (TPSA) is 71.1 Å². The van der Waals surface area contributed by atoms with Gasteiger partial charge in [-0.1, -0.05) is 24.3 Å². The van der Waals surface area contributed by atoms with Crippen LogP contribution in [0.4, 0.5) is 0 Å². The van der Waals surface area contributed by atoms with Crippen molar-refractivity contribution in [3.05, 3.63) is 59.7 Å². The van der Waals surface area contributed by atoms with Crippen LogP contribution in [0.15, 0.2) is 48.5 Å². The molecule has 2 aliphatic heterocycles. The highest BCUT2D eigenvalue weighted by atomic mass is 16.6. The molecule has 134 valence electrons. The quantitative estimate of drug-likeness (QED) is 0.787. The fraction of sp³-hybridized carbons (Fsp3) is 0.300. The molecule has 0 spiro atoms. The van der Waals surface area contributed by atoms with Gasteiger partial charge in [-0.25, -0.2) is 0 Å². The number of fused-ring (bicyclic) bond motifs is 1. The highest BCUT2D eigenvalue weighted by Crippen LogP contribution is 2.51. The minimum atomic E-state index is -0.650. The number of esters is 2. The van der Waals surface area contributed by atoms with Gasteiger partial charge in [-0.2, -0.15) is 0 Å². The van der Waals surface area contributed by atoms with Crippen molar-refractivity contribution >= 4 is 11.9 Å². The van der Waals surface area contributed by atoms with Crippen molar-refractivity contribution < 1.29 is 28.5 Å². The molecule has 6 nitrogen and oxygen atoms in total. The predicted octanol–water partition coefficient (Wildman–Crippen LogP) is 2.83. The molecule has 4 rings (SSSR count). The van der Waals surface area contributed by atoms with Crippen LogP contribution in [0, 0.1) is 11.8 Å². The van der Waals surface area contributed by atoms with E-state index in [1.807, 2.05) is 0 Å². The Kier molecular flexibility index (Phi) is 4.03. The molecule has 2 aromatic carbocycles. The number of ether oxygens (including phenoxy) is 4. The molecule has 0 radical (unpaired) electrons. The third kappa shape index (κ3) is 2.58. The zero-order valence-electron chi connectivity index (χ0n) is 14.4. The molecule has 0 bridgehead atoms. The minimum absolute atomic E-state index is 0.414. The Labute approximate surface area is 150 Å². The predicted molar refractivity (Wildman–Crippen MR) is 90.6 cm³/mol. The maximum atomic E-state index is 12.5. The van der Waals surface area contributed by atoms with Crippen LogP contribution in [-0.2, 0) is 19.1 Å². The van der Waals surface area contributed by atoms with Crippen LogP contribution in [0.2, 0.25) is 0 Å². The van der Waals surface area contributed by atoms with Gasteiger partial charge in [0.25, 0.3) is 0 Å². The smallest absolute Gasteiger partial charge is 0.314 e. The highest BCUT2D eigenvalue weighted by molar-refractivity contribution is 5.89. The molecule has 2 aromatic rings. The van der Waals surface area contributed by atoms with Gasteiger partial charge < -0.3 is 18.9 Å². The molecule has 0 N–H and O–H groups in total. The van der Waals surface area contributed by atoms with Crippen LogP contribution in [0.25, 0.3) is 0 Å². The number of methoxy groups -OCH3 is 2. The molecule has 0 aromatic heterocycles. The zero-order valence-corrected chi connectivity index (χ0v) is 14.4. The van der Waals surface area contributed by atoms with E-state index in [-0.39, 0.29) is 0 Å². The summed E-state index contributed by atoms with van der Waals surface area (Å²) in [7, 11) is 3.16. The highest BCUT2D eigenvalue weighted by Gasteiger charge is 2.59. The number of carbonyl (C=O) groups excluding carboxylic acids is 2. The van der Waals surface area contributed by atoms with E-state index in [9.17, 15) is 9.59 Å². The number of hydrogen-bond acceptors (Lipinski definition) is 6. The summed E-state index contributed by atoms with van der Waals surface area (Å²) in [5.41, 5.74) is 1.50. The lowest BCUT2D eigenvalue weighted by Crippen LogP contribution is -2.19. The molecular weight excluding hydrogens is 336 g/mol. The molecule has 0 amide bonds. The van der Waals surface area contributed by atoms with Crippen LogP contribution >= 0.6 is 0 Å². The van der Waals surface area contributed by atoms with E-state index in [1.54, 1.807) is 62.8 Å². The number of cyclic esters (lactones) is 2. The van der Waals surface area contributed by atoms with Gasteiger partial charge in [0.05, 0.1) is 14.2 Å². The number of carbonyl (C=O) groups is 2. The SMILES string of the molecule is COc1ccc([C@H]2OC(=O)[C@H]3[C@H]2C(=O)O[C@H]3c2ccc(OC)cc2)cc1. The molecule has 0 unspecified atom stereocenters. The van der Waals surface area contributed by atoms with E-state index in [1.165, 1.54) is 0 Å². The van der Waals surface area contributed by atoms with Crippen LogP contribution < -0.4 is 9.47 Å². The summed E-state index contributed by atoms with van der Waals surface area (Å²) in [5, 5.41) is 0. The molecule has 26 heavy (non-hydrogen) atoms. The Bertz CT molecular complexity index is 755. The van der Waals surface area contributed by atoms with Crippen LogP contribution in [0.5, 0.6) is 11.5 Å². The number of hydrogen-bond donors (Lipinski definition) is 0. The summed E-state index contributed by atoms with van der Waals surface area (Å²) in [6, 6.07) is 14.3. The van der Waals surface area contributed by atoms with E-state index in [2.05, 4.69) is 0 Å². The van der Waals surface area contributed by atoms with Crippen molar-refractivity contribution in [3.63, 3.8) is 0 Å². The van der Waals surface area contributed by atoms with Gasteiger partial charge in [0, 0.05) is 0 Å². The van der Waals surface area contributed by atoms with Gasteiger partial charge in [-0.05, 0) is 35.4 Å². The van der Waals surface area contributed by atoms with Gasteiger partial charge in [-0.3, -0.25) is 9.59 Å². The van der Waals surface area contributed by atoms with Gasteiger partial charge in [0.2, 0.25) is 0 Å². The largest absolute Gasteiger partial charge is 0.497 e. The summed E-state index contributed by atoms with van der Waals surface area (Å²) in [4.78, 5) is 25.0. The standard InChI is InChI=1S/C20H18O6/c1-23-13-7-3-11(4-8-13)17-15-16(20(22)25-17)18(26-19(15)21)12-5-9-14(24-2)10-6-12/h3-10,15-18H,1-2H3/t15-,16+,17-,18+. The second-order valence-electron chi connectivity index (χ2n) is 6.31. The molecule has 0 aliphatic carbocycles. The Morgan fingerprint density at radius 1 is 0.654 bits per heavy atom. The third-order valence-electron chi connectivity index (χ3n) is 4.96. The first kappa shape index (κ1) is 16.4. The van der Waals surface area contributed by atoms with Crippen molar-refractivity contribution in [2.75, 3.05) is 14.2 Å². The van der Waals surface area contributed by atoms with E-state index >= 15 is 0 Å². The molecular formula is C20H18O6. The van der Waals surface area contributed by atoms with E-state index in [0.29, 0.717) is 11.5 Å². The fourth-order valence-electron chi connectivity index (χ4n) is 3.61. The lowest BCUT2D eigenvalue weighted by molar-refractivity contribution is -0.154. The Hall–Kier alpha value is -3.02. The molecule has 2 heterocycles. The molecule has 2 saturated heterocycles. The van der Waals surface area contributed by atoms with Crippen LogP contribution in [0.3, 0.4) is 0 Å². The maximum absolute atomic E-state index is 12.5. The second kappa shape index (κ2) is 6.37. The Morgan fingerprint density at radius 3 is 1.31 bits per heavy atom. The summed E-state index contributed by atoms with van der Waals surface area (Å²) in [5.74, 6) is -0.740. The molecule has 2 fully saturated rings. The van der Waals surface area contributed by atoms with Crippen molar-refractivity contribution in [2.24, 2.45) is 11.8 Å². The summed E-state index contributed by atoms with van der Waals surface area (Å²) in [6.07, 6.45) is -1.29. The summed E-state index contributed by atoms with van der Waals surface area (Å²) in [6.45, 7) is 0. The lowest BCUT2D eigenvalue weighted by atomic mass is 9.84. The van der Waals surface area contributed by atoms with Crippen LogP contribution in [-0.4, -0.2) is 26.2 Å². The van der Waals surface area contributed by atoms with E-state index in [4.69, 9.17) is 18.9 Å². The average molecular weight is 354 g/mol.